The summed E-state index contributed by atoms with van der Waals surface area (Å²) in [6.07, 6.45) is 0.375. The molecule has 0 aromatic heterocycles. The first-order chi connectivity index (χ1) is 12.3. The SMILES string of the molecule is CCc1cc(C(=S)N(F)Cc2ccc(Br)cc2)c(OCC(=O)O)cc1F. The van der Waals surface area contributed by atoms with Crippen LogP contribution in [0, 0.1) is 5.82 Å². The van der Waals surface area contributed by atoms with Gasteiger partial charge in [0.25, 0.3) is 0 Å². The average molecular weight is 444 g/mol. The van der Waals surface area contributed by atoms with Crippen molar-refractivity contribution in [2.24, 2.45) is 0 Å². The van der Waals surface area contributed by atoms with E-state index in [9.17, 15) is 13.7 Å². The van der Waals surface area contributed by atoms with Crippen LogP contribution in [0.5, 0.6) is 5.75 Å². The number of nitrogens with zero attached hydrogens (tertiary/aromatic N) is 1. The first-order valence-corrected chi connectivity index (χ1v) is 8.91. The molecule has 0 fully saturated rings. The maximum Gasteiger partial charge on any atom is 0.341 e. The predicted octanol–water partition coefficient (Wildman–Crippen LogP) is 4.68. The lowest BCUT2D eigenvalue weighted by molar-refractivity contribution is -0.139. The van der Waals surface area contributed by atoms with Gasteiger partial charge >= 0.3 is 5.97 Å². The molecule has 0 amide bonds. The zero-order valence-electron chi connectivity index (χ0n) is 13.8. The molecule has 8 heteroatoms. The van der Waals surface area contributed by atoms with Crippen LogP contribution in [0.3, 0.4) is 0 Å². The van der Waals surface area contributed by atoms with Crippen molar-refractivity contribution >= 4 is 39.1 Å². The number of halogens is 3. The van der Waals surface area contributed by atoms with Crippen LogP contribution >= 0.6 is 28.1 Å². The predicted molar refractivity (Wildman–Crippen MR) is 101 cm³/mol. The number of aryl methyl sites for hydroxylation is 1. The standard InChI is InChI=1S/C18H16BrF2NO3S/c1-2-12-7-14(16(8-15(12)20)25-10-17(23)24)18(26)22(21)9-11-3-5-13(19)6-4-11/h3-8H,2,9-10H2,1H3,(H,23,24). The Morgan fingerprint density at radius 2 is 1.96 bits per heavy atom. The van der Waals surface area contributed by atoms with Crippen molar-refractivity contribution in [2.75, 3.05) is 6.61 Å². The van der Waals surface area contributed by atoms with Crippen LogP contribution in [0.25, 0.3) is 0 Å². The number of rotatable bonds is 7. The summed E-state index contributed by atoms with van der Waals surface area (Å²) in [6.45, 7) is 0.959. The summed E-state index contributed by atoms with van der Waals surface area (Å²) >= 11 is 8.48. The maximum absolute atomic E-state index is 14.6. The molecular formula is C18H16BrF2NO3S. The Morgan fingerprint density at radius 3 is 2.54 bits per heavy atom. The molecule has 1 N–H and O–H groups in total. The number of carboxylic acids is 1. The normalized spacial score (nSPS) is 10.5. The van der Waals surface area contributed by atoms with E-state index in [1.807, 2.05) is 0 Å². The Morgan fingerprint density at radius 1 is 1.31 bits per heavy atom. The molecule has 0 spiro atoms. The quantitative estimate of drug-likeness (QED) is 0.497. The first kappa shape index (κ1) is 20.3. The van der Waals surface area contributed by atoms with Gasteiger partial charge in [0.2, 0.25) is 0 Å². The van der Waals surface area contributed by atoms with Crippen LogP contribution in [0.4, 0.5) is 8.87 Å². The molecule has 4 nitrogen and oxygen atoms in total. The average Bonchev–Trinajstić information content (AvgIpc) is 2.61. The van der Waals surface area contributed by atoms with Crippen molar-refractivity contribution in [3.8, 4) is 5.75 Å². The number of carbonyl (C=O) groups is 1. The zero-order chi connectivity index (χ0) is 19.3. The van der Waals surface area contributed by atoms with Crippen molar-refractivity contribution in [3.63, 3.8) is 0 Å². The lowest BCUT2D eigenvalue weighted by Gasteiger charge is -2.19. The summed E-state index contributed by atoms with van der Waals surface area (Å²) < 4.78 is 34.6. The highest BCUT2D eigenvalue weighted by Crippen LogP contribution is 2.27. The van der Waals surface area contributed by atoms with Crippen molar-refractivity contribution in [1.29, 1.82) is 0 Å². The summed E-state index contributed by atoms with van der Waals surface area (Å²) in [7, 11) is 0. The molecule has 0 saturated carbocycles. The number of hydrogen-bond donors (Lipinski definition) is 1. The van der Waals surface area contributed by atoms with Crippen LogP contribution in [-0.4, -0.2) is 27.8 Å². The monoisotopic (exact) mass is 443 g/mol. The van der Waals surface area contributed by atoms with Gasteiger partial charge in [0.15, 0.2) is 6.61 Å². The smallest absolute Gasteiger partial charge is 0.341 e. The number of ether oxygens (including phenoxy) is 1. The molecule has 2 rings (SSSR count). The highest BCUT2D eigenvalue weighted by molar-refractivity contribution is 9.10. The molecule has 0 saturated heterocycles. The van der Waals surface area contributed by atoms with E-state index in [1.54, 1.807) is 31.2 Å². The molecule has 0 heterocycles. The first-order valence-electron chi connectivity index (χ1n) is 7.71. The van der Waals surface area contributed by atoms with Gasteiger partial charge in [0.05, 0.1) is 12.1 Å². The minimum absolute atomic E-state index is 0.106. The maximum atomic E-state index is 14.6. The van der Waals surface area contributed by atoms with Crippen molar-refractivity contribution in [2.45, 2.75) is 19.9 Å². The molecule has 138 valence electrons. The van der Waals surface area contributed by atoms with Crippen LogP contribution < -0.4 is 4.74 Å². The van der Waals surface area contributed by atoms with Crippen LogP contribution in [0.1, 0.15) is 23.6 Å². The lowest BCUT2D eigenvalue weighted by atomic mass is 10.1. The van der Waals surface area contributed by atoms with E-state index in [0.717, 1.165) is 10.5 Å². The minimum Gasteiger partial charge on any atom is -0.481 e. The van der Waals surface area contributed by atoms with E-state index in [2.05, 4.69) is 15.9 Å². The van der Waals surface area contributed by atoms with Gasteiger partial charge in [-0.25, -0.2) is 9.18 Å². The zero-order valence-corrected chi connectivity index (χ0v) is 16.2. The fourth-order valence-corrected chi connectivity index (χ4v) is 2.74. The van der Waals surface area contributed by atoms with Gasteiger partial charge in [-0.05, 0) is 35.7 Å². The summed E-state index contributed by atoms with van der Waals surface area (Å²) in [5.41, 5.74) is 1.16. The Kier molecular flexibility index (Phi) is 7.05. The van der Waals surface area contributed by atoms with Crippen LogP contribution in [0.15, 0.2) is 40.9 Å². The minimum atomic E-state index is -1.23. The van der Waals surface area contributed by atoms with E-state index in [-0.39, 0.29) is 22.8 Å². The van der Waals surface area contributed by atoms with Crippen LogP contribution in [-0.2, 0) is 17.8 Å². The number of carboxylic acid groups (broad SMARTS) is 1. The topological polar surface area (TPSA) is 49.8 Å². The molecule has 0 atom stereocenters. The number of hydrogen-bond acceptors (Lipinski definition) is 3. The Hall–Kier alpha value is -2.06. The fourth-order valence-electron chi connectivity index (χ4n) is 2.25. The molecule has 0 aliphatic carbocycles. The van der Waals surface area contributed by atoms with E-state index in [1.165, 1.54) is 6.07 Å². The van der Waals surface area contributed by atoms with Gasteiger partial charge < -0.3 is 9.84 Å². The largest absolute Gasteiger partial charge is 0.481 e. The highest BCUT2D eigenvalue weighted by Gasteiger charge is 2.20. The van der Waals surface area contributed by atoms with Gasteiger partial charge in [0, 0.05) is 10.5 Å². The van der Waals surface area contributed by atoms with E-state index < -0.39 is 18.4 Å². The molecule has 0 aliphatic heterocycles. The van der Waals surface area contributed by atoms with Crippen molar-refractivity contribution < 1.29 is 23.5 Å². The number of thiocarbonyl (C=S) groups is 1. The van der Waals surface area contributed by atoms with Gasteiger partial charge in [-0.2, -0.15) is 5.12 Å². The third-order valence-corrected chi connectivity index (χ3v) is 4.51. The van der Waals surface area contributed by atoms with Gasteiger partial charge in [-0.1, -0.05) is 51.7 Å². The van der Waals surface area contributed by atoms with E-state index >= 15 is 0 Å². The van der Waals surface area contributed by atoms with E-state index in [0.29, 0.717) is 22.7 Å². The Labute approximate surface area is 163 Å². The van der Waals surface area contributed by atoms with Gasteiger partial charge in [-0.15, -0.1) is 0 Å². The summed E-state index contributed by atoms with van der Waals surface area (Å²) in [6, 6.07) is 9.47. The van der Waals surface area contributed by atoms with Crippen molar-refractivity contribution in [3.05, 3.63) is 63.4 Å². The van der Waals surface area contributed by atoms with E-state index in [4.69, 9.17) is 22.1 Å². The van der Waals surface area contributed by atoms with Gasteiger partial charge in [0.1, 0.15) is 16.6 Å². The second-order valence-electron chi connectivity index (χ2n) is 5.43. The summed E-state index contributed by atoms with van der Waals surface area (Å²) in [5.74, 6) is -1.89. The molecule has 0 aliphatic rings. The molecule has 0 bridgehead atoms. The molecular weight excluding hydrogens is 428 g/mol. The van der Waals surface area contributed by atoms with Crippen LogP contribution in [0.2, 0.25) is 0 Å². The third kappa shape index (κ3) is 5.22. The van der Waals surface area contributed by atoms with Crippen molar-refractivity contribution in [1.82, 2.24) is 5.12 Å². The molecule has 0 radical (unpaired) electrons. The molecule has 26 heavy (non-hydrogen) atoms. The lowest BCUT2D eigenvalue weighted by Crippen LogP contribution is -2.23. The highest BCUT2D eigenvalue weighted by atomic mass is 79.9. The summed E-state index contributed by atoms with van der Waals surface area (Å²) in [5, 5.41) is 9.11. The van der Waals surface area contributed by atoms with Gasteiger partial charge in [-0.3, -0.25) is 0 Å². The Balaban J connectivity index is 2.29. The third-order valence-electron chi connectivity index (χ3n) is 3.57. The number of benzene rings is 2. The molecule has 2 aromatic rings. The Bertz CT molecular complexity index is 815. The molecule has 2 aromatic carbocycles. The fraction of sp³-hybridized carbons (Fsp3) is 0.222. The second-order valence-corrected chi connectivity index (χ2v) is 6.73. The summed E-state index contributed by atoms with van der Waals surface area (Å²) in [4.78, 5) is 10.5. The second kappa shape index (κ2) is 9.05. The molecule has 0 unspecified atom stereocenters. The number of aliphatic carboxylic acids is 1.